The zero-order valence-electron chi connectivity index (χ0n) is 10.4. The number of imidazole rings is 1. The average Bonchev–Trinajstić information content (AvgIpc) is 2.88. The fourth-order valence-electron chi connectivity index (χ4n) is 1.94. The monoisotopic (exact) mass is 285 g/mol. The predicted octanol–water partition coefficient (Wildman–Crippen LogP) is 3.76. The van der Waals surface area contributed by atoms with Gasteiger partial charge in [-0.3, -0.25) is 10.1 Å². The Morgan fingerprint density at radius 1 is 1.15 bits per heavy atom. The van der Waals surface area contributed by atoms with Crippen LogP contribution in [-0.4, -0.2) is 14.9 Å². The molecule has 0 aliphatic heterocycles. The zero-order chi connectivity index (χ0) is 13.9. The molecule has 0 aliphatic carbocycles. The van der Waals surface area contributed by atoms with Crippen LogP contribution in [0, 0.1) is 10.1 Å². The molecule has 0 amide bonds. The highest BCUT2D eigenvalue weighted by Gasteiger charge is 2.15. The summed E-state index contributed by atoms with van der Waals surface area (Å²) in [4.78, 5) is 18.0. The van der Waals surface area contributed by atoms with Gasteiger partial charge in [-0.15, -0.1) is 0 Å². The number of aromatic amines is 1. The molecule has 6 heteroatoms. The summed E-state index contributed by atoms with van der Waals surface area (Å²) in [6.45, 7) is 0. The fraction of sp³-hybridized carbons (Fsp3) is 0.0714. The minimum absolute atomic E-state index is 0.0327. The molecule has 0 spiro atoms. The topological polar surface area (TPSA) is 71.8 Å². The normalized spacial score (nSPS) is 10.8. The molecule has 1 aromatic heterocycles. The van der Waals surface area contributed by atoms with Crippen LogP contribution in [0.1, 0.15) is 5.56 Å². The average molecular weight is 285 g/mol. The SMILES string of the molecule is O=[N+]([O-])c1cccc2[nH]c(SCc3ccccc3)nc12. The van der Waals surface area contributed by atoms with Gasteiger partial charge in [0.2, 0.25) is 0 Å². The highest BCUT2D eigenvalue weighted by atomic mass is 32.2. The van der Waals surface area contributed by atoms with Crippen molar-refractivity contribution in [3.05, 3.63) is 64.2 Å². The van der Waals surface area contributed by atoms with Gasteiger partial charge in [-0.1, -0.05) is 48.2 Å². The summed E-state index contributed by atoms with van der Waals surface area (Å²) in [6, 6.07) is 14.9. The maximum atomic E-state index is 10.9. The number of nitro groups is 1. The summed E-state index contributed by atoms with van der Waals surface area (Å²) in [7, 11) is 0. The molecule has 3 rings (SSSR count). The Bertz CT molecular complexity index is 755. The minimum Gasteiger partial charge on any atom is -0.333 e. The van der Waals surface area contributed by atoms with Gasteiger partial charge in [-0.25, -0.2) is 4.98 Å². The van der Waals surface area contributed by atoms with E-state index in [1.165, 1.54) is 23.4 Å². The number of aromatic nitrogens is 2. The summed E-state index contributed by atoms with van der Waals surface area (Å²) < 4.78 is 0. The Labute approximate surface area is 119 Å². The first-order valence-electron chi connectivity index (χ1n) is 6.04. The number of rotatable bonds is 4. The van der Waals surface area contributed by atoms with Gasteiger partial charge in [-0.2, -0.15) is 0 Å². The van der Waals surface area contributed by atoms with Crippen LogP contribution >= 0.6 is 11.8 Å². The molecule has 0 bridgehead atoms. The third-order valence-corrected chi connectivity index (χ3v) is 3.83. The van der Waals surface area contributed by atoms with E-state index in [4.69, 9.17) is 0 Å². The lowest BCUT2D eigenvalue weighted by Gasteiger charge is -1.97. The van der Waals surface area contributed by atoms with Crippen LogP contribution in [-0.2, 0) is 5.75 Å². The summed E-state index contributed by atoms with van der Waals surface area (Å²) >= 11 is 1.53. The van der Waals surface area contributed by atoms with Gasteiger partial charge in [0.05, 0.1) is 10.4 Å². The van der Waals surface area contributed by atoms with Gasteiger partial charge in [0, 0.05) is 11.8 Å². The van der Waals surface area contributed by atoms with E-state index in [9.17, 15) is 10.1 Å². The number of thioether (sulfide) groups is 1. The van der Waals surface area contributed by atoms with E-state index in [0.717, 1.165) is 5.75 Å². The van der Waals surface area contributed by atoms with Crippen molar-refractivity contribution in [2.75, 3.05) is 0 Å². The number of non-ortho nitro benzene ring substituents is 1. The first kappa shape index (κ1) is 12.7. The second-order valence-corrected chi connectivity index (χ2v) is 5.21. The Kier molecular flexibility index (Phi) is 3.39. The van der Waals surface area contributed by atoms with Crippen LogP contribution in [0.25, 0.3) is 11.0 Å². The summed E-state index contributed by atoms with van der Waals surface area (Å²) in [5, 5.41) is 11.6. The van der Waals surface area contributed by atoms with Crippen molar-refractivity contribution in [1.82, 2.24) is 9.97 Å². The molecule has 1 heterocycles. The molecule has 0 saturated heterocycles. The Balaban J connectivity index is 1.86. The molecule has 0 fully saturated rings. The third-order valence-electron chi connectivity index (χ3n) is 2.88. The van der Waals surface area contributed by atoms with Crippen LogP contribution in [0.4, 0.5) is 5.69 Å². The van der Waals surface area contributed by atoms with Crippen molar-refractivity contribution in [1.29, 1.82) is 0 Å². The van der Waals surface area contributed by atoms with E-state index >= 15 is 0 Å². The predicted molar refractivity (Wildman–Crippen MR) is 78.8 cm³/mol. The number of para-hydroxylation sites is 1. The molecule has 0 aliphatic rings. The number of benzene rings is 2. The van der Waals surface area contributed by atoms with E-state index in [0.29, 0.717) is 16.2 Å². The summed E-state index contributed by atoms with van der Waals surface area (Å²) in [5.74, 6) is 0.772. The van der Waals surface area contributed by atoms with Crippen LogP contribution in [0.3, 0.4) is 0 Å². The quantitative estimate of drug-likeness (QED) is 0.450. The second-order valence-electron chi connectivity index (χ2n) is 4.25. The van der Waals surface area contributed by atoms with Gasteiger partial charge in [-0.05, 0) is 11.6 Å². The van der Waals surface area contributed by atoms with Crippen molar-refractivity contribution in [3.8, 4) is 0 Å². The van der Waals surface area contributed by atoms with Crippen molar-refractivity contribution >= 4 is 28.5 Å². The lowest BCUT2D eigenvalue weighted by atomic mass is 10.2. The Morgan fingerprint density at radius 3 is 2.70 bits per heavy atom. The van der Waals surface area contributed by atoms with Crippen LogP contribution < -0.4 is 0 Å². The molecular weight excluding hydrogens is 274 g/mol. The molecule has 2 aromatic carbocycles. The number of hydrogen-bond donors (Lipinski definition) is 1. The van der Waals surface area contributed by atoms with Crippen LogP contribution in [0.15, 0.2) is 53.7 Å². The molecule has 0 unspecified atom stereocenters. The van der Waals surface area contributed by atoms with Gasteiger partial charge >= 0.3 is 0 Å². The van der Waals surface area contributed by atoms with E-state index in [1.807, 2.05) is 30.3 Å². The van der Waals surface area contributed by atoms with Crippen molar-refractivity contribution < 1.29 is 4.92 Å². The second kappa shape index (κ2) is 5.34. The molecule has 100 valence electrons. The largest absolute Gasteiger partial charge is 0.333 e. The highest BCUT2D eigenvalue weighted by molar-refractivity contribution is 7.98. The van der Waals surface area contributed by atoms with Gasteiger partial charge in [0.15, 0.2) is 10.7 Å². The van der Waals surface area contributed by atoms with Crippen molar-refractivity contribution in [3.63, 3.8) is 0 Å². The molecule has 0 atom stereocenters. The number of hydrogen-bond acceptors (Lipinski definition) is 4. The smallest absolute Gasteiger partial charge is 0.297 e. The molecule has 20 heavy (non-hydrogen) atoms. The van der Waals surface area contributed by atoms with E-state index in [1.54, 1.807) is 12.1 Å². The number of nitrogens with zero attached hydrogens (tertiary/aromatic N) is 2. The maximum Gasteiger partial charge on any atom is 0.297 e. The van der Waals surface area contributed by atoms with Crippen LogP contribution in [0.2, 0.25) is 0 Å². The van der Waals surface area contributed by atoms with E-state index in [-0.39, 0.29) is 5.69 Å². The Hall–Kier alpha value is -2.34. The van der Waals surface area contributed by atoms with Gasteiger partial charge in [0.25, 0.3) is 5.69 Å². The molecule has 0 radical (unpaired) electrons. The lowest BCUT2D eigenvalue weighted by molar-refractivity contribution is -0.383. The number of H-pyrrole nitrogens is 1. The number of nitrogens with one attached hydrogen (secondary N) is 1. The fourth-order valence-corrected chi connectivity index (χ4v) is 2.77. The van der Waals surface area contributed by atoms with E-state index < -0.39 is 4.92 Å². The summed E-state index contributed by atoms with van der Waals surface area (Å²) in [5.41, 5.74) is 2.32. The first-order chi connectivity index (χ1) is 9.74. The number of fused-ring (bicyclic) bond motifs is 1. The van der Waals surface area contributed by atoms with Gasteiger partial charge in [0.1, 0.15) is 0 Å². The molecular formula is C14H11N3O2S. The summed E-state index contributed by atoms with van der Waals surface area (Å²) in [6.07, 6.45) is 0. The third kappa shape index (κ3) is 2.50. The maximum absolute atomic E-state index is 10.9. The van der Waals surface area contributed by atoms with Crippen molar-refractivity contribution in [2.24, 2.45) is 0 Å². The lowest BCUT2D eigenvalue weighted by Crippen LogP contribution is -1.88. The van der Waals surface area contributed by atoms with E-state index in [2.05, 4.69) is 9.97 Å². The minimum atomic E-state index is -0.408. The standard InChI is InChI=1S/C14H11N3O2S/c18-17(19)12-8-4-7-11-13(12)16-14(15-11)20-9-10-5-2-1-3-6-10/h1-8H,9H2,(H,15,16). The molecule has 3 aromatic rings. The zero-order valence-corrected chi connectivity index (χ0v) is 11.3. The Morgan fingerprint density at radius 2 is 1.95 bits per heavy atom. The molecule has 0 saturated carbocycles. The number of nitro benzene ring substituents is 1. The molecule has 1 N–H and O–H groups in total. The van der Waals surface area contributed by atoms with Crippen molar-refractivity contribution in [2.45, 2.75) is 10.9 Å². The van der Waals surface area contributed by atoms with Gasteiger partial charge < -0.3 is 4.98 Å². The first-order valence-corrected chi connectivity index (χ1v) is 7.02. The highest BCUT2D eigenvalue weighted by Crippen LogP contribution is 2.27. The molecule has 5 nitrogen and oxygen atoms in total. The van der Waals surface area contributed by atoms with Crippen LogP contribution in [0.5, 0.6) is 0 Å².